The number of phenols is 1. The Morgan fingerprint density at radius 1 is 1.28 bits per heavy atom. The van der Waals surface area contributed by atoms with Crippen molar-refractivity contribution in [2.75, 3.05) is 0 Å². The van der Waals surface area contributed by atoms with E-state index < -0.39 is 10.8 Å². The van der Waals surface area contributed by atoms with Crippen molar-refractivity contribution in [1.29, 1.82) is 0 Å². The number of phenolic OH excluding ortho intramolecular Hbond substituents is 1. The summed E-state index contributed by atoms with van der Waals surface area (Å²) in [7, 11) is 0. The number of nitrogens with zero attached hydrogens (tertiary/aromatic N) is 4. The van der Waals surface area contributed by atoms with Crippen LogP contribution < -0.4 is 5.43 Å². The number of hydrazone groups is 1. The number of pyridine rings is 2. The number of aromatic hydroxyl groups is 1. The molecule has 9 heteroatoms. The van der Waals surface area contributed by atoms with Crippen LogP contribution in [0.1, 0.15) is 15.9 Å². The topological polar surface area (TPSA) is 131 Å². The van der Waals surface area contributed by atoms with Crippen molar-refractivity contribution in [2.45, 2.75) is 0 Å². The Labute approximate surface area is 140 Å². The molecule has 9 nitrogen and oxygen atoms in total. The number of hydrogen-bond acceptors (Lipinski definition) is 7. The van der Waals surface area contributed by atoms with E-state index in [2.05, 4.69) is 20.5 Å². The number of fused-ring (bicyclic) bond motifs is 1. The first-order valence-electron chi connectivity index (χ1n) is 7.06. The Kier molecular flexibility index (Phi) is 4.29. The van der Waals surface area contributed by atoms with Crippen molar-refractivity contribution in [1.82, 2.24) is 15.4 Å². The Balaban J connectivity index is 1.92. The highest BCUT2D eigenvalue weighted by Gasteiger charge is 2.18. The molecule has 0 aliphatic heterocycles. The molecule has 0 bridgehead atoms. The van der Waals surface area contributed by atoms with E-state index in [1.807, 2.05) is 0 Å². The van der Waals surface area contributed by atoms with Crippen LogP contribution in [0.25, 0.3) is 10.9 Å². The first kappa shape index (κ1) is 16.0. The normalized spacial score (nSPS) is 10.9. The Morgan fingerprint density at radius 3 is 2.76 bits per heavy atom. The number of hydrogen-bond donors (Lipinski definition) is 2. The molecule has 0 aliphatic carbocycles. The Bertz CT molecular complexity index is 988. The fourth-order valence-corrected chi connectivity index (χ4v) is 2.21. The van der Waals surface area contributed by atoms with E-state index in [1.165, 1.54) is 48.9 Å². The lowest BCUT2D eigenvalue weighted by atomic mass is 10.1. The number of nitro benzene ring substituents is 1. The summed E-state index contributed by atoms with van der Waals surface area (Å²) in [6, 6.07) is 7.21. The standard InChI is InChI=1S/C16H11N5O4/c22-15-11(9-19-20-16(23)10-3-6-17-7-4-10)8-13(21(24)25)12-2-1-5-18-14(12)15/h1-9,22H,(H,20,23)/b19-9-. The molecule has 2 heterocycles. The first-order valence-corrected chi connectivity index (χ1v) is 7.06. The molecule has 0 atom stereocenters. The zero-order valence-electron chi connectivity index (χ0n) is 12.7. The molecule has 0 radical (unpaired) electrons. The van der Waals surface area contributed by atoms with Crippen molar-refractivity contribution >= 4 is 28.7 Å². The van der Waals surface area contributed by atoms with Crippen LogP contribution >= 0.6 is 0 Å². The maximum atomic E-state index is 11.9. The maximum absolute atomic E-state index is 11.9. The third-order valence-electron chi connectivity index (χ3n) is 3.38. The van der Waals surface area contributed by atoms with Gasteiger partial charge in [0.15, 0.2) is 5.75 Å². The summed E-state index contributed by atoms with van der Waals surface area (Å²) >= 11 is 0. The quantitative estimate of drug-likeness (QED) is 0.425. The average Bonchev–Trinajstić information content (AvgIpc) is 2.64. The van der Waals surface area contributed by atoms with Crippen LogP contribution in [-0.4, -0.2) is 32.1 Å². The van der Waals surface area contributed by atoms with E-state index in [0.29, 0.717) is 5.56 Å². The average molecular weight is 337 g/mol. The molecule has 124 valence electrons. The smallest absolute Gasteiger partial charge is 0.279 e. The van der Waals surface area contributed by atoms with Gasteiger partial charge in [-0.15, -0.1) is 0 Å². The van der Waals surface area contributed by atoms with E-state index in [4.69, 9.17) is 0 Å². The highest BCUT2D eigenvalue weighted by molar-refractivity contribution is 6.00. The van der Waals surface area contributed by atoms with E-state index in [-0.39, 0.29) is 27.9 Å². The molecule has 3 rings (SSSR count). The molecule has 2 N–H and O–H groups in total. The minimum atomic E-state index is -0.573. The minimum absolute atomic E-state index is 0.0629. The Morgan fingerprint density at radius 2 is 2.04 bits per heavy atom. The van der Waals surface area contributed by atoms with Crippen molar-refractivity contribution in [3.8, 4) is 5.75 Å². The van der Waals surface area contributed by atoms with Gasteiger partial charge in [0.2, 0.25) is 0 Å². The van der Waals surface area contributed by atoms with Gasteiger partial charge in [-0.3, -0.25) is 24.9 Å². The molecule has 0 aliphatic rings. The fourth-order valence-electron chi connectivity index (χ4n) is 2.21. The molecule has 0 saturated carbocycles. The van der Waals surface area contributed by atoms with Crippen molar-refractivity contribution in [2.24, 2.45) is 5.10 Å². The second-order valence-corrected chi connectivity index (χ2v) is 4.93. The largest absolute Gasteiger partial charge is 0.505 e. The Hall–Kier alpha value is -3.88. The third kappa shape index (κ3) is 3.24. The molecule has 1 aromatic carbocycles. The number of benzene rings is 1. The van der Waals surface area contributed by atoms with E-state index in [0.717, 1.165) is 6.21 Å². The lowest BCUT2D eigenvalue weighted by molar-refractivity contribution is -0.383. The highest BCUT2D eigenvalue weighted by Crippen LogP contribution is 2.33. The summed E-state index contributed by atoms with van der Waals surface area (Å²) in [6.07, 6.45) is 5.46. The number of non-ortho nitro benzene ring substituents is 1. The molecule has 3 aromatic rings. The van der Waals surface area contributed by atoms with Crippen molar-refractivity contribution in [3.05, 3.63) is 70.2 Å². The number of rotatable bonds is 4. The molecule has 0 fully saturated rings. The third-order valence-corrected chi connectivity index (χ3v) is 3.38. The summed E-state index contributed by atoms with van der Waals surface area (Å²) in [5.41, 5.74) is 2.55. The van der Waals surface area contributed by atoms with Gasteiger partial charge in [0, 0.05) is 35.8 Å². The van der Waals surface area contributed by atoms with Crippen molar-refractivity contribution in [3.63, 3.8) is 0 Å². The van der Waals surface area contributed by atoms with Gasteiger partial charge >= 0.3 is 0 Å². The van der Waals surface area contributed by atoms with Gasteiger partial charge in [-0.05, 0) is 24.3 Å². The number of aromatic nitrogens is 2. The van der Waals surface area contributed by atoms with Gasteiger partial charge in [-0.25, -0.2) is 5.43 Å². The molecule has 2 aromatic heterocycles. The predicted octanol–water partition coefficient (Wildman–Crippen LogP) is 2.01. The number of nitrogens with one attached hydrogen (secondary N) is 1. The first-order chi connectivity index (χ1) is 12.1. The molecular formula is C16H11N5O4. The summed E-state index contributed by atoms with van der Waals surface area (Å²) in [4.78, 5) is 30.3. The zero-order chi connectivity index (χ0) is 17.8. The van der Waals surface area contributed by atoms with Crippen LogP contribution in [-0.2, 0) is 0 Å². The SMILES string of the molecule is O=C(N/N=C\c1cc([N+](=O)[O-])c2cccnc2c1O)c1ccncc1. The molecule has 25 heavy (non-hydrogen) atoms. The lowest BCUT2D eigenvalue weighted by Gasteiger charge is -2.05. The monoisotopic (exact) mass is 337 g/mol. The summed E-state index contributed by atoms with van der Waals surface area (Å²) < 4.78 is 0. The lowest BCUT2D eigenvalue weighted by Crippen LogP contribution is -2.17. The van der Waals surface area contributed by atoms with Crippen LogP contribution in [0.3, 0.4) is 0 Å². The van der Waals surface area contributed by atoms with Crippen LogP contribution in [0.4, 0.5) is 5.69 Å². The number of amides is 1. The van der Waals surface area contributed by atoms with E-state index in [1.54, 1.807) is 0 Å². The number of nitro groups is 1. The van der Waals surface area contributed by atoms with Crippen molar-refractivity contribution < 1.29 is 14.8 Å². The molecule has 1 amide bonds. The van der Waals surface area contributed by atoms with Crippen LogP contribution in [0.15, 0.2) is 54.0 Å². The summed E-state index contributed by atoms with van der Waals surface area (Å²) in [5, 5.41) is 25.4. The molecular weight excluding hydrogens is 326 g/mol. The predicted molar refractivity (Wildman–Crippen MR) is 89.4 cm³/mol. The maximum Gasteiger partial charge on any atom is 0.279 e. The van der Waals surface area contributed by atoms with Crippen LogP contribution in [0.5, 0.6) is 5.75 Å². The minimum Gasteiger partial charge on any atom is -0.505 e. The second-order valence-electron chi connectivity index (χ2n) is 4.93. The number of carbonyl (C=O) groups excluding carboxylic acids is 1. The zero-order valence-corrected chi connectivity index (χ0v) is 12.7. The van der Waals surface area contributed by atoms with E-state index in [9.17, 15) is 20.0 Å². The summed E-state index contributed by atoms with van der Waals surface area (Å²) in [6.45, 7) is 0. The second kappa shape index (κ2) is 6.71. The van der Waals surface area contributed by atoms with Gasteiger partial charge in [0.25, 0.3) is 11.6 Å². The van der Waals surface area contributed by atoms with Gasteiger partial charge in [-0.1, -0.05) is 0 Å². The number of carbonyl (C=O) groups is 1. The molecule has 0 unspecified atom stereocenters. The molecule has 0 saturated heterocycles. The van der Waals surface area contributed by atoms with Crippen LogP contribution in [0.2, 0.25) is 0 Å². The van der Waals surface area contributed by atoms with E-state index >= 15 is 0 Å². The van der Waals surface area contributed by atoms with Gasteiger partial charge in [0.1, 0.15) is 5.52 Å². The summed E-state index contributed by atoms with van der Waals surface area (Å²) in [5.74, 6) is -0.741. The fraction of sp³-hybridized carbons (Fsp3) is 0. The van der Waals surface area contributed by atoms with Gasteiger partial charge in [0.05, 0.1) is 16.5 Å². The van der Waals surface area contributed by atoms with Gasteiger partial charge in [-0.2, -0.15) is 5.10 Å². The highest BCUT2D eigenvalue weighted by atomic mass is 16.6. The van der Waals surface area contributed by atoms with Gasteiger partial charge < -0.3 is 5.11 Å². The molecule has 0 spiro atoms. The van der Waals surface area contributed by atoms with Crippen LogP contribution in [0, 0.1) is 10.1 Å².